The van der Waals surface area contributed by atoms with Crippen LogP contribution in [0.15, 0.2) is 83.9 Å². The Morgan fingerprint density at radius 3 is 2.53 bits per heavy atom. The number of para-hydroxylation sites is 1. The van der Waals surface area contributed by atoms with Crippen LogP contribution in [-0.4, -0.2) is 15.7 Å². The zero-order chi connectivity index (χ0) is 22.1. The minimum atomic E-state index is -0.369. The lowest BCUT2D eigenvalue weighted by atomic mass is 9.98. The van der Waals surface area contributed by atoms with Crippen LogP contribution in [0.1, 0.15) is 16.7 Å². The maximum absolute atomic E-state index is 12.0. The first-order valence-corrected chi connectivity index (χ1v) is 10.9. The SMILES string of the molecule is N#Cc1cc(Cn2cc(C=C3SC(=O)NC3=O)c3ccccc32)ccc1-c1ccccc1. The lowest BCUT2D eigenvalue weighted by Gasteiger charge is -2.09. The van der Waals surface area contributed by atoms with E-state index in [-0.39, 0.29) is 11.1 Å². The number of carbonyl (C=O) groups excluding carboxylic acids is 2. The minimum Gasteiger partial charge on any atom is -0.342 e. The van der Waals surface area contributed by atoms with Gasteiger partial charge in [-0.15, -0.1) is 0 Å². The van der Waals surface area contributed by atoms with E-state index in [4.69, 9.17) is 0 Å². The Bertz CT molecular complexity index is 1450. The number of rotatable bonds is 4. The number of thioether (sulfide) groups is 1. The second-order valence-electron chi connectivity index (χ2n) is 7.44. The maximum atomic E-state index is 12.0. The summed E-state index contributed by atoms with van der Waals surface area (Å²) in [4.78, 5) is 23.9. The van der Waals surface area contributed by atoms with E-state index < -0.39 is 0 Å². The fourth-order valence-electron chi connectivity index (χ4n) is 3.93. The molecule has 4 aromatic rings. The van der Waals surface area contributed by atoms with E-state index in [1.807, 2.05) is 79.0 Å². The molecule has 2 amide bonds. The number of hydrogen-bond donors (Lipinski definition) is 1. The van der Waals surface area contributed by atoms with Crippen LogP contribution in [-0.2, 0) is 11.3 Å². The summed E-state index contributed by atoms with van der Waals surface area (Å²) in [5, 5.41) is 12.7. The summed E-state index contributed by atoms with van der Waals surface area (Å²) >= 11 is 0.911. The Labute approximate surface area is 189 Å². The van der Waals surface area contributed by atoms with Crippen LogP contribution in [0.3, 0.4) is 0 Å². The Morgan fingerprint density at radius 1 is 1.00 bits per heavy atom. The van der Waals surface area contributed by atoms with E-state index in [9.17, 15) is 14.9 Å². The van der Waals surface area contributed by atoms with Gasteiger partial charge in [0.25, 0.3) is 11.1 Å². The largest absolute Gasteiger partial charge is 0.342 e. The molecule has 5 rings (SSSR count). The number of amides is 2. The third kappa shape index (κ3) is 3.70. The third-order valence-corrected chi connectivity index (χ3v) is 6.20. The van der Waals surface area contributed by atoms with Crippen molar-refractivity contribution in [3.63, 3.8) is 0 Å². The molecule has 0 spiro atoms. The average Bonchev–Trinajstić information content (AvgIpc) is 3.33. The van der Waals surface area contributed by atoms with Gasteiger partial charge in [-0.3, -0.25) is 14.9 Å². The van der Waals surface area contributed by atoms with Crippen molar-refractivity contribution in [2.24, 2.45) is 0 Å². The second-order valence-corrected chi connectivity index (χ2v) is 8.45. The minimum absolute atomic E-state index is 0.354. The van der Waals surface area contributed by atoms with Crippen LogP contribution in [0.25, 0.3) is 28.1 Å². The predicted octanol–water partition coefficient (Wildman–Crippen LogP) is 5.55. The quantitative estimate of drug-likeness (QED) is 0.426. The van der Waals surface area contributed by atoms with Crippen molar-refractivity contribution in [3.8, 4) is 17.2 Å². The summed E-state index contributed by atoms with van der Waals surface area (Å²) in [6, 6.07) is 26.1. The molecule has 0 unspecified atom stereocenters. The highest BCUT2D eigenvalue weighted by Crippen LogP contribution is 2.30. The molecule has 0 radical (unpaired) electrons. The highest BCUT2D eigenvalue weighted by Gasteiger charge is 2.25. The fourth-order valence-corrected chi connectivity index (χ4v) is 4.60. The Kier molecular flexibility index (Phi) is 5.10. The zero-order valence-corrected chi connectivity index (χ0v) is 17.7. The van der Waals surface area contributed by atoms with Crippen molar-refractivity contribution < 1.29 is 9.59 Å². The number of imide groups is 1. The number of nitrogens with one attached hydrogen (secondary N) is 1. The molecule has 6 heteroatoms. The van der Waals surface area contributed by atoms with Crippen LogP contribution in [0.2, 0.25) is 0 Å². The van der Waals surface area contributed by atoms with Crippen LogP contribution in [0.4, 0.5) is 4.79 Å². The first kappa shape index (κ1) is 19.9. The number of hydrogen-bond acceptors (Lipinski definition) is 4. The van der Waals surface area contributed by atoms with E-state index in [0.717, 1.165) is 44.9 Å². The standard InChI is InChI=1S/C26H17N3O2S/c27-14-19-12-17(10-11-21(19)18-6-2-1-3-7-18)15-29-16-20(22-8-4-5-9-23(22)29)13-24-25(30)28-26(31)32-24/h1-13,16H,15H2,(H,28,30,31). The zero-order valence-electron chi connectivity index (χ0n) is 16.9. The molecule has 1 fully saturated rings. The normalized spacial score (nSPS) is 14.7. The molecule has 1 aromatic heterocycles. The maximum Gasteiger partial charge on any atom is 0.290 e. The fraction of sp³-hybridized carbons (Fsp3) is 0.0385. The molecule has 0 bridgehead atoms. The highest BCUT2D eigenvalue weighted by atomic mass is 32.2. The van der Waals surface area contributed by atoms with Gasteiger partial charge in [0.05, 0.1) is 16.5 Å². The summed E-state index contributed by atoms with van der Waals surface area (Å²) in [5.41, 5.74) is 5.44. The molecule has 1 N–H and O–H groups in total. The molecule has 5 nitrogen and oxygen atoms in total. The number of nitriles is 1. The molecule has 2 heterocycles. The number of nitrogens with zero attached hydrogens (tertiary/aromatic N) is 2. The molecular formula is C26H17N3O2S. The topological polar surface area (TPSA) is 74.9 Å². The third-order valence-electron chi connectivity index (χ3n) is 5.39. The van der Waals surface area contributed by atoms with Gasteiger partial charge in [-0.05, 0) is 46.7 Å². The summed E-state index contributed by atoms with van der Waals surface area (Å²) < 4.78 is 2.10. The molecule has 154 valence electrons. The van der Waals surface area contributed by atoms with Gasteiger partial charge in [0, 0.05) is 29.2 Å². The number of benzene rings is 3. The molecule has 1 aliphatic heterocycles. The van der Waals surface area contributed by atoms with Crippen LogP contribution >= 0.6 is 11.8 Å². The Morgan fingerprint density at radius 2 is 1.78 bits per heavy atom. The van der Waals surface area contributed by atoms with Gasteiger partial charge in [-0.1, -0.05) is 60.7 Å². The summed E-state index contributed by atoms with van der Waals surface area (Å²) in [6.07, 6.45) is 3.73. The second kappa shape index (κ2) is 8.22. The molecular weight excluding hydrogens is 418 g/mol. The smallest absolute Gasteiger partial charge is 0.290 e. The number of fused-ring (bicyclic) bond motifs is 1. The first-order valence-electron chi connectivity index (χ1n) is 10.0. The van der Waals surface area contributed by atoms with Crippen LogP contribution in [0.5, 0.6) is 0 Å². The van der Waals surface area contributed by atoms with Crippen molar-refractivity contribution in [2.75, 3.05) is 0 Å². The molecule has 0 atom stereocenters. The lowest BCUT2D eigenvalue weighted by Crippen LogP contribution is -2.17. The monoisotopic (exact) mass is 435 g/mol. The molecule has 32 heavy (non-hydrogen) atoms. The van der Waals surface area contributed by atoms with Gasteiger partial charge in [0.2, 0.25) is 0 Å². The lowest BCUT2D eigenvalue weighted by molar-refractivity contribution is -0.115. The average molecular weight is 436 g/mol. The summed E-state index contributed by atoms with van der Waals surface area (Å²) in [7, 11) is 0. The molecule has 0 aliphatic carbocycles. The van der Waals surface area contributed by atoms with E-state index in [2.05, 4.69) is 16.0 Å². The first-order chi connectivity index (χ1) is 15.6. The van der Waals surface area contributed by atoms with Gasteiger partial charge >= 0.3 is 0 Å². The Balaban J connectivity index is 1.53. The molecule has 1 aliphatic rings. The van der Waals surface area contributed by atoms with E-state index in [1.165, 1.54) is 0 Å². The molecule has 3 aromatic carbocycles. The van der Waals surface area contributed by atoms with Crippen molar-refractivity contribution in [1.82, 2.24) is 9.88 Å². The molecule has 1 saturated heterocycles. The Hall–Kier alpha value is -4.08. The van der Waals surface area contributed by atoms with Crippen molar-refractivity contribution >= 4 is 39.9 Å². The van der Waals surface area contributed by atoms with E-state index >= 15 is 0 Å². The highest BCUT2D eigenvalue weighted by molar-refractivity contribution is 8.18. The van der Waals surface area contributed by atoms with E-state index in [0.29, 0.717) is 17.0 Å². The van der Waals surface area contributed by atoms with Crippen molar-refractivity contribution in [2.45, 2.75) is 6.54 Å². The number of aromatic nitrogens is 1. The van der Waals surface area contributed by atoms with Gasteiger partial charge in [-0.25, -0.2) is 0 Å². The summed E-state index contributed by atoms with van der Waals surface area (Å²) in [6.45, 7) is 0.575. The van der Waals surface area contributed by atoms with Gasteiger partial charge < -0.3 is 4.57 Å². The number of carbonyl (C=O) groups is 2. The van der Waals surface area contributed by atoms with Crippen molar-refractivity contribution in [1.29, 1.82) is 5.26 Å². The molecule has 0 saturated carbocycles. The van der Waals surface area contributed by atoms with Crippen LogP contribution < -0.4 is 5.32 Å². The van der Waals surface area contributed by atoms with Gasteiger partial charge in [0.1, 0.15) is 0 Å². The van der Waals surface area contributed by atoms with Crippen LogP contribution in [0, 0.1) is 11.3 Å². The van der Waals surface area contributed by atoms with E-state index in [1.54, 1.807) is 6.08 Å². The van der Waals surface area contributed by atoms with Gasteiger partial charge in [-0.2, -0.15) is 5.26 Å². The van der Waals surface area contributed by atoms with Gasteiger partial charge in [0.15, 0.2) is 0 Å². The van der Waals surface area contributed by atoms with Crippen molar-refractivity contribution in [3.05, 3.63) is 101 Å². The predicted molar refractivity (Wildman–Crippen MR) is 127 cm³/mol. The summed E-state index contributed by atoms with van der Waals surface area (Å²) in [5.74, 6) is -0.369.